The Kier molecular flexibility index (Phi) is 16.5. The van der Waals surface area contributed by atoms with Crippen molar-refractivity contribution in [2.24, 2.45) is 17.6 Å². The fourth-order valence-electron chi connectivity index (χ4n) is 4.57. The molecule has 0 radical (unpaired) electrons. The van der Waals surface area contributed by atoms with Gasteiger partial charge in [-0.05, 0) is 44.4 Å². The minimum atomic E-state index is -0.699. The van der Waals surface area contributed by atoms with Crippen molar-refractivity contribution in [2.75, 3.05) is 18.9 Å². The van der Waals surface area contributed by atoms with Crippen molar-refractivity contribution < 1.29 is 19.1 Å². The van der Waals surface area contributed by atoms with Crippen LogP contribution in [0.4, 0.5) is 5.95 Å². The molecule has 0 spiro atoms. The topological polar surface area (TPSA) is 168 Å². The second-order valence-corrected chi connectivity index (χ2v) is 11.4. The zero-order valence-corrected chi connectivity index (χ0v) is 25.8. The Balaban J connectivity index is 1.77. The van der Waals surface area contributed by atoms with Gasteiger partial charge < -0.3 is 25.5 Å². The smallest absolute Gasteiger partial charge is 0.323 e. The van der Waals surface area contributed by atoms with E-state index in [-0.39, 0.29) is 42.5 Å². The number of carbonyl (C=O) groups is 2. The van der Waals surface area contributed by atoms with E-state index in [4.69, 9.17) is 20.9 Å². The molecule has 0 amide bonds. The predicted molar refractivity (Wildman–Crippen MR) is 166 cm³/mol. The highest BCUT2D eigenvalue weighted by molar-refractivity contribution is 5.75. The van der Waals surface area contributed by atoms with Crippen molar-refractivity contribution >= 4 is 29.1 Å². The molecule has 2 aromatic rings. The van der Waals surface area contributed by atoms with Crippen LogP contribution in [0.15, 0.2) is 23.3 Å². The summed E-state index contributed by atoms with van der Waals surface area (Å²) in [6.45, 7) is 6.55. The summed E-state index contributed by atoms with van der Waals surface area (Å²) in [7, 11) is 0. The zero-order valence-electron chi connectivity index (χ0n) is 25.8. The van der Waals surface area contributed by atoms with Gasteiger partial charge in [0.25, 0.3) is 5.56 Å². The summed E-state index contributed by atoms with van der Waals surface area (Å²) >= 11 is 0. The van der Waals surface area contributed by atoms with Crippen LogP contribution in [-0.4, -0.2) is 50.7 Å². The number of aromatic amines is 1. The highest BCUT2D eigenvalue weighted by atomic mass is 16.5. The number of anilines is 1. The monoisotopic (exact) mass is 588 g/mol. The van der Waals surface area contributed by atoms with E-state index in [0.29, 0.717) is 25.0 Å². The van der Waals surface area contributed by atoms with E-state index in [1.54, 1.807) is 4.57 Å². The average molecular weight is 589 g/mol. The van der Waals surface area contributed by atoms with Crippen molar-refractivity contribution in [3.8, 4) is 0 Å². The van der Waals surface area contributed by atoms with Gasteiger partial charge in [0.05, 0.1) is 19.5 Å². The number of hydrogen-bond donors (Lipinski definition) is 3. The Bertz CT molecular complexity index is 1160. The van der Waals surface area contributed by atoms with Crippen LogP contribution in [0.1, 0.15) is 104 Å². The molecule has 0 fully saturated rings. The van der Waals surface area contributed by atoms with Crippen molar-refractivity contribution in [2.45, 2.75) is 117 Å². The maximum atomic E-state index is 12.5. The number of carbonyl (C=O) groups excluding carboxylic acids is 2. The molecule has 2 aromatic heterocycles. The fourth-order valence-corrected chi connectivity index (χ4v) is 4.57. The van der Waals surface area contributed by atoms with Gasteiger partial charge in [0.15, 0.2) is 11.2 Å². The summed E-state index contributed by atoms with van der Waals surface area (Å²) in [5.74, 6) is -0.977. The summed E-state index contributed by atoms with van der Waals surface area (Å²) < 4.78 is 12.7. The van der Waals surface area contributed by atoms with Gasteiger partial charge in [-0.1, -0.05) is 71.4 Å². The van der Waals surface area contributed by atoms with Crippen LogP contribution in [0.3, 0.4) is 0 Å². The van der Waals surface area contributed by atoms with Crippen LogP contribution in [0.2, 0.25) is 0 Å². The van der Waals surface area contributed by atoms with Gasteiger partial charge in [-0.2, -0.15) is 4.98 Å². The largest absolute Gasteiger partial charge is 0.465 e. The van der Waals surface area contributed by atoms with Crippen LogP contribution in [0.25, 0.3) is 11.2 Å². The van der Waals surface area contributed by atoms with E-state index in [9.17, 15) is 14.4 Å². The number of aromatic nitrogens is 4. The number of allylic oxidation sites excluding steroid dienone is 2. The summed E-state index contributed by atoms with van der Waals surface area (Å²) in [6, 6.07) is -0.699. The number of nitrogen functional groups attached to an aromatic ring is 1. The lowest BCUT2D eigenvalue weighted by molar-refractivity contribution is -0.149. The number of esters is 2. The van der Waals surface area contributed by atoms with E-state index in [0.717, 1.165) is 32.1 Å². The molecule has 236 valence electrons. The van der Waals surface area contributed by atoms with Gasteiger partial charge in [0, 0.05) is 18.9 Å². The fraction of sp³-hybridized carbons (Fsp3) is 0.710. The van der Waals surface area contributed by atoms with Crippen molar-refractivity contribution in [1.82, 2.24) is 19.5 Å². The lowest BCUT2D eigenvalue weighted by atomic mass is 10.1. The third-order valence-corrected chi connectivity index (χ3v) is 7.33. The second-order valence-electron chi connectivity index (χ2n) is 11.4. The first-order valence-electron chi connectivity index (χ1n) is 15.7. The standard InChI is InChI=1S/C31H52N6O5/c1-4-5-6-7-8-9-10-11-12-13-14-15-16-17-25(38)42-21-24(18-19-41-30(40)26(32)23(2)3)20-37-22-34-27-28(37)35-31(33)36-29(27)39/h9-10,22-24,26H,4-8,11-21,32H2,1-3H3,(H3,33,35,36,39)/b10-9+/t24-,26+/m1/s1. The molecule has 0 aliphatic carbocycles. The maximum absolute atomic E-state index is 12.5. The number of imidazole rings is 1. The van der Waals surface area contributed by atoms with Gasteiger partial charge in [0.1, 0.15) is 6.04 Å². The summed E-state index contributed by atoms with van der Waals surface area (Å²) in [4.78, 5) is 47.6. The number of hydrogen-bond acceptors (Lipinski definition) is 9. The summed E-state index contributed by atoms with van der Waals surface area (Å²) in [5.41, 5.74) is 11.7. The number of unbranched alkanes of at least 4 members (excludes halogenated alkanes) is 9. The Morgan fingerprint density at radius 2 is 1.69 bits per heavy atom. The molecule has 2 heterocycles. The number of nitrogens with one attached hydrogen (secondary N) is 1. The SMILES string of the molecule is CCCCCC/C=C/CCCCCCCC(=O)OC[C@H](CCOC(=O)[C@@H](N)C(C)C)Cn1cnc2c(=O)[nH]c(N)nc21. The number of rotatable bonds is 22. The first-order chi connectivity index (χ1) is 20.2. The van der Waals surface area contributed by atoms with Crippen LogP contribution in [-0.2, 0) is 25.6 Å². The van der Waals surface area contributed by atoms with Gasteiger partial charge in [-0.25, -0.2) is 4.98 Å². The molecule has 0 saturated heterocycles. The van der Waals surface area contributed by atoms with Gasteiger partial charge in [-0.3, -0.25) is 19.4 Å². The van der Waals surface area contributed by atoms with E-state index >= 15 is 0 Å². The molecule has 42 heavy (non-hydrogen) atoms. The number of H-pyrrole nitrogens is 1. The third-order valence-electron chi connectivity index (χ3n) is 7.33. The maximum Gasteiger partial charge on any atom is 0.323 e. The van der Waals surface area contributed by atoms with Crippen LogP contribution < -0.4 is 17.0 Å². The molecule has 0 aliphatic rings. The lowest BCUT2D eigenvalue weighted by Crippen LogP contribution is -2.37. The van der Waals surface area contributed by atoms with Crippen molar-refractivity contribution in [3.05, 3.63) is 28.8 Å². The minimum Gasteiger partial charge on any atom is -0.465 e. The molecule has 0 bridgehead atoms. The molecule has 5 N–H and O–H groups in total. The first-order valence-corrected chi connectivity index (χ1v) is 15.7. The van der Waals surface area contributed by atoms with Crippen molar-refractivity contribution in [3.63, 3.8) is 0 Å². The Morgan fingerprint density at radius 3 is 2.38 bits per heavy atom. The molecule has 0 aromatic carbocycles. The van der Waals surface area contributed by atoms with E-state index in [1.807, 2.05) is 13.8 Å². The molecule has 11 heteroatoms. The average Bonchev–Trinajstić information content (AvgIpc) is 3.35. The van der Waals surface area contributed by atoms with Crippen LogP contribution >= 0.6 is 0 Å². The Hall–Kier alpha value is -3.21. The van der Waals surface area contributed by atoms with E-state index in [2.05, 4.69) is 34.0 Å². The molecular weight excluding hydrogens is 536 g/mol. The number of fused-ring (bicyclic) bond motifs is 1. The number of ether oxygens (including phenoxy) is 2. The molecule has 2 rings (SSSR count). The molecule has 2 atom stereocenters. The lowest BCUT2D eigenvalue weighted by Gasteiger charge is -2.19. The molecule has 11 nitrogen and oxygen atoms in total. The molecule has 0 unspecified atom stereocenters. The molecular formula is C31H52N6O5. The Labute approximate surface area is 249 Å². The summed E-state index contributed by atoms with van der Waals surface area (Å²) in [5, 5.41) is 0. The quantitative estimate of drug-likeness (QED) is 0.0969. The van der Waals surface area contributed by atoms with Crippen molar-refractivity contribution in [1.29, 1.82) is 0 Å². The van der Waals surface area contributed by atoms with Crippen LogP contribution in [0, 0.1) is 11.8 Å². The summed E-state index contributed by atoms with van der Waals surface area (Å²) in [6.07, 6.45) is 19.7. The molecule has 0 aliphatic heterocycles. The van der Waals surface area contributed by atoms with E-state index in [1.165, 1.54) is 44.9 Å². The van der Waals surface area contributed by atoms with Gasteiger partial charge >= 0.3 is 11.9 Å². The molecule has 0 saturated carbocycles. The van der Waals surface area contributed by atoms with Gasteiger partial charge in [0.2, 0.25) is 5.95 Å². The third kappa shape index (κ3) is 13.2. The number of nitrogens with two attached hydrogens (primary N) is 2. The number of nitrogens with zero attached hydrogens (tertiary/aromatic N) is 3. The van der Waals surface area contributed by atoms with Gasteiger partial charge in [-0.15, -0.1) is 0 Å². The minimum absolute atomic E-state index is 0.0110. The highest BCUT2D eigenvalue weighted by Gasteiger charge is 2.21. The first kappa shape index (κ1) is 35.0. The second kappa shape index (κ2) is 19.8. The zero-order chi connectivity index (χ0) is 30.7. The Morgan fingerprint density at radius 1 is 1.02 bits per heavy atom. The van der Waals surface area contributed by atoms with E-state index < -0.39 is 17.6 Å². The highest BCUT2D eigenvalue weighted by Crippen LogP contribution is 2.15. The predicted octanol–water partition coefficient (Wildman–Crippen LogP) is 5.04. The van der Waals surface area contributed by atoms with Crippen LogP contribution in [0.5, 0.6) is 0 Å². The normalized spacial score (nSPS) is 13.2.